The second-order valence-corrected chi connectivity index (χ2v) is 7.32. The van der Waals surface area contributed by atoms with Gasteiger partial charge in [0.15, 0.2) is 0 Å². The van der Waals surface area contributed by atoms with Crippen molar-refractivity contribution in [1.82, 2.24) is 4.31 Å². The van der Waals surface area contributed by atoms with Crippen LogP contribution in [0.5, 0.6) is 0 Å². The molecule has 0 unspecified atom stereocenters. The average molecular weight is 401 g/mol. The van der Waals surface area contributed by atoms with Crippen LogP contribution in [0.3, 0.4) is 0 Å². The van der Waals surface area contributed by atoms with E-state index in [2.05, 4.69) is 15.9 Å². The number of ether oxygens (including phenoxy) is 2. The SMILES string of the molecule is COCCN(CCOC)S(=O)(=O)c1ccc(CCl)cc1Br. The minimum atomic E-state index is -3.62. The van der Waals surface area contributed by atoms with Crippen LogP contribution in [0, 0.1) is 0 Å². The van der Waals surface area contributed by atoms with Gasteiger partial charge in [0.1, 0.15) is 0 Å². The number of rotatable bonds is 9. The maximum Gasteiger partial charge on any atom is 0.244 e. The zero-order valence-corrected chi connectivity index (χ0v) is 15.2. The van der Waals surface area contributed by atoms with Gasteiger partial charge < -0.3 is 9.47 Å². The Kier molecular flexibility index (Phi) is 8.15. The molecule has 120 valence electrons. The van der Waals surface area contributed by atoms with Crippen molar-refractivity contribution in [3.05, 3.63) is 28.2 Å². The Morgan fingerprint density at radius 1 is 1.19 bits per heavy atom. The van der Waals surface area contributed by atoms with Gasteiger partial charge in [0, 0.05) is 37.7 Å². The molecule has 1 aromatic carbocycles. The van der Waals surface area contributed by atoms with Crippen molar-refractivity contribution in [3.8, 4) is 0 Å². The first kappa shape index (κ1) is 18.9. The average Bonchev–Trinajstić information content (AvgIpc) is 2.46. The molecular weight excluding hydrogens is 382 g/mol. The molecule has 0 spiro atoms. The molecule has 8 heteroatoms. The maximum absolute atomic E-state index is 12.7. The van der Waals surface area contributed by atoms with E-state index in [1.54, 1.807) is 18.2 Å². The zero-order chi connectivity index (χ0) is 15.9. The largest absolute Gasteiger partial charge is 0.383 e. The number of methoxy groups -OCH3 is 2. The molecule has 0 aromatic heterocycles. The predicted octanol–water partition coefficient (Wildman–Crippen LogP) is 2.47. The van der Waals surface area contributed by atoms with E-state index in [0.29, 0.717) is 23.6 Å². The molecule has 0 amide bonds. The first-order chi connectivity index (χ1) is 9.97. The van der Waals surface area contributed by atoms with Crippen LogP contribution in [0.4, 0.5) is 0 Å². The Morgan fingerprint density at radius 3 is 2.19 bits per heavy atom. The fraction of sp³-hybridized carbons (Fsp3) is 0.538. The highest BCUT2D eigenvalue weighted by Gasteiger charge is 2.26. The van der Waals surface area contributed by atoms with E-state index in [9.17, 15) is 8.42 Å². The highest BCUT2D eigenvalue weighted by molar-refractivity contribution is 9.10. The molecule has 0 saturated carbocycles. The summed E-state index contributed by atoms with van der Waals surface area (Å²) in [4.78, 5) is 0.212. The van der Waals surface area contributed by atoms with Crippen LogP contribution < -0.4 is 0 Å². The van der Waals surface area contributed by atoms with Crippen LogP contribution in [0.2, 0.25) is 0 Å². The lowest BCUT2D eigenvalue weighted by Gasteiger charge is -2.22. The van der Waals surface area contributed by atoms with Gasteiger partial charge in [-0.2, -0.15) is 4.31 Å². The van der Waals surface area contributed by atoms with Crippen LogP contribution in [0.25, 0.3) is 0 Å². The first-order valence-electron chi connectivity index (χ1n) is 6.29. The lowest BCUT2D eigenvalue weighted by atomic mass is 10.2. The van der Waals surface area contributed by atoms with Crippen molar-refractivity contribution >= 4 is 37.6 Å². The van der Waals surface area contributed by atoms with E-state index in [0.717, 1.165) is 5.56 Å². The normalized spacial score (nSPS) is 12.0. The molecule has 0 aliphatic rings. The molecule has 0 N–H and O–H groups in total. The van der Waals surface area contributed by atoms with E-state index in [4.69, 9.17) is 21.1 Å². The van der Waals surface area contributed by atoms with Crippen molar-refractivity contribution in [1.29, 1.82) is 0 Å². The summed E-state index contributed by atoms with van der Waals surface area (Å²) in [5.41, 5.74) is 0.850. The van der Waals surface area contributed by atoms with Gasteiger partial charge in [-0.05, 0) is 33.6 Å². The summed E-state index contributed by atoms with van der Waals surface area (Å²) in [6.45, 7) is 1.18. The van der Waals surface area contributed by atoms with Crippen molar-refractivity contribution < 1.29 is 17.9 Å². The summed E-state index contributed by atoms with van der Waals surface area (Å²) in [7, 11) is -0.550. The highest BCUT2D eigenvalue weighted by Crippen LogP contribution is 2.26. The number of halogens is 2. The molecule has 1 aromatic rings. The highest BCUT2D eigenvalue weighted by atomic mass is 79.9. The summed E-state index contributed by atoms with van der Waals surface area (Å²) in [5, 5.41) is 0. The molecule has 21 heavy (non-hydrogen) atoms. The molecular formula is C13H19BrClNO4S. The summed E-state index contributed by atoms with van der Waals surface area (Å²) in [6.07, 6.45) is 0. The molecule has 0 heterocycles. The van der Waals surface area contributed by atoms with Crippen LogP contribution >= 0.6 is 27.5 Å². The Hall–Kier alpha value is -0.180. The monoisotopic (exact) mass is 399 g/mol. The van der Waals surface area contributed by atoms with Gasteiger partial charge in [-0.25, -0.2) is 8.42 Å². The third-order valence-electron chi connectivity index (χ3n) is 2.86. The standard InChI is InChI=1S/C13H19BrClNO4S/c1-19-7-5-16(6-8-20-2)21(17,18)13-4-3-11(10-15)9-12(13)14/h3-4,9H,5-8,10H2,1-2H3. The van der Waals surface area contributed by atoms with Gasteiger partial charge in [-0.15, -0.1) is 11.6 Å². The fourth-order valence-corrected chi connectivity index (χ4v) is 4.37. The Balaban J connectivity index is 3.08. The summed E-state index contributed by atoms with van der Waals surface area (Å²) in [5.74, 6) is 0.329. The smallest absolute Gasteiger partial charge is 0.244 e. The number of benzene rings is 1. The number of hydrogen-bond acceptors (Lipinski definition) is 4. The molecule has 5 nitrogen and oxygen atoms in total. The number of nitrogens with zero attached hydrogens (tertiary/aromatic N) is 1. The molecule has 0 radical (unpaired) electrons. The van der Waals surface area contributed by atoms with E-state index < -0.39 is 10.0 Å². The van der Waals surface area contributed by atoms with Gasteiger partial charge >= 0.3 is 0 Å². The zero-order valence-electron chi connectivity index (χ0n) is 12.0. The second kappa shape index (κ2) is 9.07. The number of alkyl halides is 1. The quantitative estimate of drug-likeness (QED) is 0.598. The second-order valence-electron chi connectivity index (χ2n) is 4.29. The Bertz CT molecular complexity index is 545. The molecule has 1 rings (SSSR count). The molecule has 0 aliphatic carbocycles. The van der Waals surface area contributed by atoms with E-state index in [1.807, 2.05) is 0 Å². The predicted molar refractivity (Wildman–Crippen MR) is 86.2 cm³/mol. The first-order valence-corrected chi connectivity index (χ1v) is 9.06. The lowest BCUT2D eigenvalue weighted by molar-refractivity contribution is 0.150. The summed E-state index contributed by atoms with van der Waals surface area (Å²) in [6, 6.07) is 4.98. The number of sulfonamides is 1. The topological polar surface area (TPSA) is 55.8 Å². The van der Waals surface area contributed by atoms with E-state index in [-0.39, 0.29) is 18.0 Å². The third-order valence-corrected chi connectivity index (χ3v) is 6.04. The molecule has 0 fully saturated rings. The van der Waals surface area contributed by atoms with Gasteiger partial charge in [0.2, 0.25) is 10.0 Å². The Labute approximate surface area is 139 Å². The molecule has 0 saturated heterocycles. The molecule has 0 aliphatic heterocycles. The third kappa shape index (κ3) is 5.19. The van der Waals surface area contributed by atoms with E-state index in [1.165, 1.54) is 18.5 Å². The summed E-state index contributed by atoms with van der Waals surface area (Å²) < 4.78 is 37.2. The lowest BCUT2D eigenvalue weighted by Crippen LogP contribution is -2.36. The van der Waals surface area contributed by atoms with Crippen molar-refractivity contribution in [2.24, 2.45) is 0 Å². The summed E-state index contributed by atoms with van der Waals surface area (Å²) >= 11 is 9.05. The van der Waals surface area contributed by atoms with Gasteiger partial charge in [0.25, 0.3) is 0 Å². The molecule has 0 atom stereocenters. The van der Waals surface area contributed by atoms with Crippen molar-refractivity contribution in [3.63, 3.8) is 0 Å². The Morgan fingerprint density at radius 2 is 1.76 bits per heavy atom. The maximum atomic E-state index is 12.7. The minimum Gasteiger partial charge on any atom is -0.383 e. The van der Waals surface area contributed by atoms with Crippen molar-refractivity contribution in [2.75, 3.05) is 40.5 Å². The van der Waals surface area contributed by atoms with Crippen molar-refractivity contribution in [2.45, 2.75) is 10.8 Å². The van der Waals surface area contributed by atoms with Crippen LogP contribution in [0.15, 0.2) is 27.6 Å². The molecule has 0 bridgehead atoms. The van der Waals surface area contributed by atoms with Crippen LogP contribution in [-0.4, -0.2) is 53.2 Å². The van der Waals surface area contributed by atoms with Gasteiger partial charge in [-0.1, -0.05) is 6.07 Å². The minimum absolute atomic E-state index is 0.212. The van der Waals surface area contributed by atoms with E-state index >= 15 is 0 Å². The van der Waals surface area contributed by atoms with Gasteiger partial charge in [-0.3, -0.25) is 0 Å². The van der Waals surface area contributed by atoms with Crippen LogP contribution in [-0.2, 0) is 25.4 Å². The van der Waals surface area contributed by atoms with Gasteiger partial charge in [0.05, 0.1) is 18.1 Å². The van der Waals surface area contributed by atoms with Crippen LogP contribution in [0.1, 0.15) is 5.56 Å². The fourth-order valence-electron chi connectivity index (χ4n) is 1.71. The number of hydrogen-bond donors (Lipinski definition) is 0.